The number of nitrogens with two attached hydrogens (primary N) is 2. The van der Waals surface area contributed by atoms with Crippen LogP contribution in [0.15, 0.2) is 12.3 Å². The van der Waals surface area contributed by atoms with Crippen LogP contribution in [-0.2, 0) is 4.74 Å². The zero-order chi connectivity index (χ0) is 14.6. The summed E-state index contributed by atoms with van der Waals surface area (Å²) in [5.74, 6) is 6.41. The maximum absolute atomic E-state index is 6.16. The molecule has 1 saturated carbocycles. The lowest BCUT2D eigenvalue weighted by Crippen LogP contribution is -2.50. The van der Waals surface area contributed by atoms with E-state index in [1.807, 2.05) is 19.9 Å². The van der Waals surface area contributed by atoms with E-state index in [4.69, 9.17) is 16.3 Å². The van der Waals surface area contributed by atoms with E-state index in [0.717, 1.165) is 36.8 Å². The third-order valence-corrected chi connectivity index (χ3v) is 4.35. The fraction of sp³-hybridized carbons (Fsp3) is 0.667. The number of hydrogen-bond donors (Lipinski definition) is 3. The molecule has 0 aromatic carbocycles. The van der Waals surface area contributed by atoms with Gasteiger partial charge in [-0.1, -0.05) is 19.3 Å². The van der Waals surface area contributed by atoms with Gasteiger partial charge in [-0.15, -0.1) is 0 Å². The number of pyridine rings is 1. The van der Waals surface area contributed by atoms with Crippen LogP contribution in [-0.4, -0.2) is 17.2 Å². The lowest BCUT2D eigenvalue weighted by Gasteiger charge is -2.43. The van der Waals surface area contributed by atoms with E-state index in [2.05, 4.69) is 10.4 Å². The van der Waals surface area contributed by atoms with Gasteiger partial charge in [0.1, 0.15) is 5.82 Å². The van der Waals surface area contributed by atoms with Gasteiger partial charge < -0.3 is 10.5 Å². The van der Waals surface area contributed by atoms with Crippen LogP contribution in [0.25, 0.3) is 0 Å². The van der Waals surface area contributed by atoms with E-state index in [9.17, 15) is 0 Å². The Morgan fingerprint density at radius 3 is 2.65 bits per heavy atom. The Balaban J connectivity index is 2.42. The number of anilines is 1. The standard InChI is InChI=1S/C15H26N4O/c1-3-20-15(8-5-4-6-9-15)13(19-17)12-11(2)7-10-18-14(12)16/h7,10,13,19H,3-6,8-9,17H2,1-2H3,(H2,16,18). The van der Waals surface area contributed by atoms with Crippen LogP contribution in [0.5, 0.6) is 0 Å². The third-order valence-electron chi connectivity index (χ3n) is 4.35. The van der Waals surface area contributed by atoms with Crippen LogP contribution in [0.3, 0.4) is 0 Å². The van der Waals surface area contributed by atoms with E-state index >= 15 is 0 Å². The number of hydrazine groups is 1. The van der Waals surface area contributed by atoms with Crippen molar-refractivity contribution in [1.29, 1.82) is 0 Å². The quantitative estimate of drug-likeness (QED) is 0.568. The second kappa shape index (κ2) is 6.52. The van der Waals surface area contributed by atoms with Crippen molar-refractivity contribution in [2.75, 3.05) is 12.3 Å². The molecule has 112 valence electrons. The molecule has 5 N–H and O–H groups in total. The van der Waals surface area contributed by atoms with Crippen LogP contribution in [0.1, 0.15) is 56.2 Å². The summed E-state index contributed by atoms with van der Waals surface area (Å²) in [6.07, 6.45) is 7.32. The number of hydrogen-bond acceptors (Lipinski definition) is 5. The topological polar surface area (TPSA) is 86.2 Å². The fourth-order valence-corrected chi connectivity index (χ4v) is 3.42. The number of nitrogen functional groups attached to an aromatic ring is 1. The highest BCUT2D eigenvalue weighted by atomic mass is 16.5. The number of nitrogens with one attached hydrogen (secondary N) is 1. The first-order chi connectivity index (χ1) is 9.64. The van der Waals surface area contributed by atoms with Gasteiger partial charge in [0.25, 0.3) is 0 Å². The Kier molecular flexibility index (Phi) is 4.96. The van der Waals surface area contributed by atoms with Crippen LogP contribution < -0.4 is 17.0 Å². The summed E-state index contributed by atoms with van der Waals surface area (Å²) < 4.78 is 6.16. The average Bonchev–Trinajstić information content (AvgIpc) is 2.44. The fourth-order valence-electron chi connectivity index (χ4n) is 3.42. The molecule has 0 aliphatic heterocycles. The number of ether oxygens (including phenoxy) is 1. The molecule has 5 nitrogen and oxygen atoms in total. The third kappa shape index (κ3) is 2.80. The van der Waals surface area contributed by atoms with E-state index in [1.54, 1.807) is 6.20 Å². The summed E-state index contributed by atoms with van der Waals surface area (Å²) in [5, 5.41) is 0. The van der Waals surface area contributed by atoms with Gasteiger partial charge in [-0.3, -0.25) is 5.84 Å². The van der Waals surface area contributed by atoms with Crippen LogP contribution in [0.2, 0.25) is 0 Å². The monoisotopic (exact) mass is 278 g/mol. The molecule has 1 aromatic rings. The molecule has 20 heavy (non-hydrogen) atoms. The summed E-state index contributed by atoms with van der Waals surface area (Å²) in [4.78, 5) is 4.22. The van der Waals surface area contributed by atoms with Crippen molar-refractivity contribution >= 4 is 5.82 Å². The minimum atomic E-state index is -0.274. The predicted octanol–water partition coefficient (Wildman–Crippen LogP) is 2.22. The van der Waals surface area contributed by atoms with Gasteiger partial charge in [0.2, 0.25) is 0 Å². The van der Waals surface area contributed by atoms with Crippen molar-refractivity contribution in [3.63, 3.8) is 0 Å². The Morgan fingerprint density at radius 1 is 1.40 bits per heavy atom. The van der Waals surface area contributed by atoms with Crippen molar-refractivity contribution in [3.05, 3.63) is 23.4 Å². The van der Waals surface area contributed by atoms with E-state index in [1.165, 1.54) is 6.42 Å². The van der Waals surface area contributed by atoms with Gasteiger partial charge >= 0.3 is 0 Å². The minimum absolute atomic E-state index is 0.114. The second-order valence-electron chi connectivity index (χ2n) is 5.58. The molecule has 1 aliphatic rings. The number of aryl methyl sites for hydroxylation is 1. The molecule has 0 radical (unpaired) electrons. The highest BCUT2D eigenvalue weighted by Gasteiger charge is 2.42. The lowest BCUT2D eigenvalue weighted by molar-refractivity contribution is -0.0913. The maximum Gasteiger partial charge on any atom is 0.128 e. The van der Waals surface area contributed by atoms with Crippen LogP contribution in [0.4, 0.5) is 5.82 Å². The molecule has 1 aliphatic carbocycles. The number of nitrogens with zero attached hydrogens (tertiary/aromatic N) is 1. The number of rotatable bonds is 5. The molecule has 2 rings (SSSR count). The van der Waals surface area contributed by atoms with Gasteiger partial charge in [-0.25, -0.2) is 10.4 Å². The predicted molar refractivity (Wildman–Crippen MR) is 80.9 cm³/mol. The Labute approximate surface area is 121 Å². The largest absolute Gasteiger partial charge is 0.383 e. The molecule has 0 amide bonds. The van der Waals surface area contributed by atoms with Gasteiger partial charge in [0, 0.05) is 18.4 Å². The van der Waals surface area contributed by atoms with Gasteiger partial charge in [0.15, 0.2) is 0 Å². The second-order valence-corrected chi connectivity index (χ2v) is 5.58. The van der Waals surface area contributed by atoms with Crippen molar-refractivity contribution in [2.24, 2.45) is 5.84 Å². The number of aromatic nitrogens is 1. The molecule has 5 heteroatoms. The molecular formula is C15H26N4O. The normalized spacial score (nSPS) is 19.8. The van der Waals surface area contributed by atoms with Gasteiger partial charge in [-0.2, -0.15) is 0 Å². The summed E-state index contributed by atoms with van der Waals surface area (Å²) >= 11 is 0. The molecule has 0 bridgehead atoms. The minimum Gasteiger partial charge on any atom is -0.383 e. The first-order valence-electron chi connectivity index (χ1n) is 7.45. The van der Waals surface area contributed by atoms with E-state index in [-0.39, 0.29) is 11.6 Å². The molecule has 1 atom stereocenters. The van der Waals surface area contributed by atoms with Crippen molar-refractivity contribution in [3.8, 4) is 0 Å². The highest BCUT2D eigenvalue weighted by molar-refractivity contribution is 5.47. The average molecular weight is 278 g/mol. The van der Waals surface area contributed by atoms with Gasteiger partial charge in [-0.05, 0) is 38.3 Å². The van der Waals surface area contributed by atoms with Crippen LogP contribution >= 0.6 is 0 Å². The maximum atomic E-state index is 6.16. The summed E-state index contributed by atoms with van der Waals surface area (Å²) in [7, 11) is 0. The van der Waals surface area contributed by atoms with Gasteiger partial charge in [0.05, 0.1) is 11.6 Å². The zero-order valence-electron chi connectivity index (χ0n) is 12.5. The van der Waals surface area contributed by atoms with Crippen LogP contribution in [0, 0.1) is 6.92 Å². The SMILES string of the molecule is CCOC1(C(NN)c2c(C)ccnc2N)CCCCC1. The summed E-state index contributed by atoms with van der Waals surface area (Å²) in [6.45, 7) is 4.75. The summed E-state index contributed by atoms with van der Waals surface area (Å²) in [5.41, 5.74) is 10.9. The Hall–Kier alpha value is -1.17. The first-order valence-corrected chi connectivity index (χ1v) is 7.45. The van der Waals surface area contributed by atoms with Crippen molar-refractivity contribution in [2.45, 2.75) is 57.6 Å². The highest BCUT2D eigenvalue weighted by Crippen LogP contribution is 2.43. The Morgan fingerprint density at radius 2 is 2.10 bits per heavy atom. The smallest absolute Gasteiger partial charge is 0.128 e. The molecule has 0 saturated heterocycles. The zero-order valence-corrected chi connectivity index (χ0v) is 12.5. The molecule has 1 heterocycles. The molecule has 1 aromatic heterocycles. The van der Waals surface area contributed by atoms with Crippen molar-refractivity contribution < 1.29 is 4.74 Å². The van der Waals surface area contributed by atoms with Crippen molar-refractivity contribution in [1.82, 2.24) is 10.4 Å². The lowest BCUT2D eigenvalue weighted by atomic mass is 9.76. The van der Waals surface area contributed by atoms with E-state index < -0.39 is 0 Å². The first kappa shape index (κ1) is 15.2. The van der Waals surface area contributed by atoms with E-state index in [0.29, 0.717) is 12.4 Å². The Bertz CT molecular complexity index is 418. The molecular weight excluding hydrogens is 252 g/mol. The molecule has 1 unspecified atom stereocenters. The molecule has 0 spiro atoms. The molecule has 1 fully saturated rings. The summed E-state index contributed by atoms with van der Waals surface area (Å²) in [6, 6.07) is 1.86.